The average molecular weight is 363 g/mol. The first-order valence-corrected chi connectivity index (χ1v) is 9.97. The molecule has 136 valence electrons. The van der Waals surface area contributed by atoms with Crippen molar-refractivity contribution in [2.75, 3.05) is 58.9 Å². The zero-order valence-corrected chi connectivity index (χ0v) is 15.5. The Morgan fingerprint density at radius 3 is 2.76 bits per heavy atom. The predicted molar refractivity (Wildman–Crippen MR) is 98.0 cm³/mol. The molecule has 0 aliphatic carbocycles. The quantitative estimate of drug-likeness (QED) is 0.792. The molecule has 2 fully saturated rings. The van der Waals surface area contributed by atoms with Gasteiger partial charge in [-0.3, -0.25) is 4.79 Å². The standard InChI is InChI=1S/C18H25N3O3S/c1-19-7-9-20(10-8-19)5-2-6-21-17(22)12-25-18(21)14-3-4-15-16(11-14)24-13-23-15/h3-4,11,18H,2,5-10,12-13H2,1H3. The van der Waals surface area contributed by atoms with E-state index in [0.717, 1.165) is 62.8 Å². The molecule has 1 aromatic carbocycles. The number of likely N-dealkylation sites (N-methyl/N-ethyl adjacent to an activating group) is 1. The van der Waals surface area contributed by atoms with Crippen molar-refractivity contribution in [2.24, 2.45) is 0 Å². The Labute approximate surface area is 153 Å². The molecule has 7 heteroatoms. The first-order chi connectivity index (χ1) is 12.2. The van der Waals surface area contributed by atoms with E-state index < -0.39 is 0 Å². The Balaban J connectivity index is 1.35. The van der Waals surface area contributed by atoms with Gasteiger partial charge in [-0.15, -0.1) is 11.8 Å². The molecule has 1 amide bonds. The summed E-state index contributed by atoms with van der Waals surface area (Å²) in [4.78, 5) is 19.2. The molecule has 1 aromatic rings. The Bertz CT molecular complexity index is 634. The number of amides is 1. The van der Waals surface area contributed by atoms with Gasteiger partial charge < -0.3 is 24.2 Å². The minimum absolute atomic E-state index is 0.0921. The predicted octanol–water partition coefficient (Wildman–Crippen LogP) is 1.63. The van der Waals surface area contributed by atoms with Gasteiger partial charge in [0.1, 0.15) is 5.37 Å². The van der Waals surface area contributed by atoms with Gasteiger partial charge in [0, 0.05) is 32.7 Å². The van der Waals surface area contributed by atoms with E-state index in [2.05, 4.69) is 22.9 Å². The maximum absolute atomic E-state index is 12.3. The molecule has 4 rings (SSSR count). The summed E-state index contributed by atoms with van der Waals surface area (Å²) in [5.74, 6) is 2.38. The van der Waals surface area contributed by atoms with Gasteiger partial charge in [0.15, 0.2) is 11.5 Å². The van der Waals surface area contributed by atoms with Crippen LogP contribution >= 0.6 is 11.8 Å². The summed E-state index contributed by atoms with van der Waals surface area (Å²) in [6.07, 6.45) is 1.02. The fraction of sp³-hybridized carbons (Fsp3) is 0.611. The van der Waals surface area contributed by atoms with Gasteiger partial charge in [0.25, 0.3) is 0 Å². The van der Waals surface area contributed by atoms with Crippen LogP contribution in [-0.4, -0.2) is 79.5 Å². The molecule has 1 atom stereocenters. The van der Waals surface area contributed by atoms with E-state index in [4.69, 9.17) is 9.47 Å². The highest BCUT2D eigenvalue weighted by Gasteiger charge is 2.33. The number of carbonyl (C=O) groups is 1. The number of benzene rings is 1. The zero-order chi connectivity index (χ0) is 17.2. The van der Waals surface area contributed by atoms with Crippen LogP contribution in [0.5, 0.6) is 11.5 Å². The number of thioether (sulfide) groups is 1. The monoisotopic (exact) mass is 363 g/mol. The van der Waals surface area contributed by atoms with E-state index >= 15 is 0 Å². The molecule has 25 heavy (non-hydrogen) atoms. The summed E-state index contributed by atoms with van der Waals surface area (Å²) in [6.45, 7) is 6.70. The summed E-state index contributed by atoms with van der Waals surface area (Å²) >= 11 is 1.70. The van der Waals surface area contributed by atoms with Crippen molar-refractivity contribution in [1.29, 1.82) is 0 Å². The molecule has 3 aliphatic rings. The molecule has 0 aromatic heterocycles. The molecule has 6 nitrogen and oxygen atoms in total. The fourth-order valence-corrected chi connectivity index (χ4v) is 4.78. The van der Waals surface area contributed by atoms with Gasteiger partial charge >= 0.3 is 0 Å². The highest BCUT2D eigenvalue weighted by molar-refractivity contribution is 8.00. The molecule has 0 saturated carbocycles. The van der Waals surface area contributed by atoms with Crippen LogP contribution in [0.2, 0.25) is 0 Å². The lowest BCUT2D eigenvalue weighted by atomic mass is 10.1. The maximum atomic E-state index is 12.3. The number of piperazine rings is 1. The molecule has 0 radical (unpaired) electrons. The van der Waals surface area contributed by atoms with Crippen molar-refractivity contribution in [3.63, 3.8) is 0 Å². The average Bonchev–Trinajstić information content (AvgIpc) is 3.23. The van der Waals surface area contributed by atoms with Gasteiger partial charge in [-0.05, 0) is 37.7 Å². The Kier molecular flexibility index (Phi) is 5.05. The molecular weight excluding hydrogens is 338 g/mol. The van der Waals surface area contributed by atoms with E-state index in [1.165, 1.54) is 0 Å². The summed E-state index contributed by atoms with van der Waals surface area (Å²) in [7, 11) is 2.17. The lowest BCUT2D eigenvalue weighted by molar-refractivity contribution is -0.128. The number of fused-ring (bicyclic) bond motifs is 1. The zero-order valence-electron chi connectivity index (χ0n) is 14.6. The Hall–Kier alpha value is -1.44. The smallest absolute Gasteiger partial charge is 0.233 e. The number of ether oxygens (including phenoxy) is 2. The number of carbonyl (C=O) groups excluding carboxylic acids is 1. The maximum Gasteiger partial charge on any atom is 0.233 e. The summed E-state index contributed by atoms with van der Waals surface area (Å²) in [5.41, 5.74) is 1.12. The molecule has 3 aliphatic heterocycles. The molecular formula is C18H25N3O3S. The van der Waals surface area contributed by atoms with Gasteiger partial charge in [0.05, 0.1) is 5.75 Å². The number of nitrogens with zero attached hydrogens (tertiary/aromatic N) is 3. The van der Waals surface area contributed by atoms with Gasteiger partial charge in [0.2, 0.25) is 12.7 Å². The van der Waals surface area contributed by atoms with Crippen LogP contribution in [0.4, 0.5) is 0 Å². The first-order valence-electron chi connectivity index (χ1n) is 8.92. The minimum Gasteiger partial charge on any atom is -0.454 e. The molecule has 1 unspecified atom stereocenters. The summed E-state index contributed by atoms with van der Waals surface area (Å²) < 4.78 is 10.9. The number of hydrogen-bond acceptors (Lipinski definition) is 6. The van der Waals surface area contributed by atoms with Crippen molar-refractivity contribution >= 4 is 17.7 Å². The van der Waals surface area contributed by atoms with E-state index in [-0.39, 0.29) is 18.1 Å². The summed E-state index contributed by atoms with van der Waals surface area (Å²) in [6, 6.07) is 6.02. The van der Waals surface area contributed by atoms with Crippen molar-refractivity contribution in [1.82, 2.24) is 14.7 Å². The molecule has 2 saturated heterocycles. The second kappa shape index (κ2) is 7.43. The van der Waals surface area contributed by atoms with Gasteiger partial charge in [-0.2, -0.15) is 0 Å². The second-order valence-corrected chi connectivity index (χ2v) is 7.93. The van der Waals surface area contributed by atoms with Gasteiger partial charge in [-0.25, -0.2) is 0 Å². The van der Waals surface area contributed by atoms with Crippen LogP contribution in [0, 0.1) is 0 Å². The third-order valence-electron chi connectivity index (χ3n) is 5.12. The fourth-order valence-electron chi connectivity index (χ4n) is 3.57. The van der Waals surface area contributed by atoms with Crippen LogP contribution in [-0.2, 0) is 4.79 Å². The van der Waals surface area contributed by atoms with Crippen molar-refractivity contribution < 1.29 is 14.3 Å². The Morgan fingerprint density at radius 2 is 1.92 bits per heavy atom. The Morgan fingerprint density at radius 1 is 1.12 bits per heavy atom. The normalized spacial score (nSPS) is 24.3. The van der Waals surface area contributed by atoms with Gasteiger partial charge in [-0.1, -0.05) is 6.07 Å². The lowest BCUT2D eigenvalue weighted by Crippen LogP contribution is -2.45. The first kappa shape index (κ1) is 17.0. The van der Waals surface area contributed by atoms with E-state index in [0.29, 0.717) is 5.75 Å². The largest absolute Gasteiger partial charge is 0.454 e. The number of rotatable bonds is 5. The van der Waals surface area contributed by atoms with Crippen LogP contribution in [0.15, 0.2) is 18.2 Å². The minimum atomic E-state index is 0.0921. The highest BCUT2D eigenvalue weighted by atomic mass is 32.2. The third kappa shape index (κ3) is 3.73. The van der Waals surface area contributed by atoms with E-state index in [1.54, 1.807) is 11.8 Å². The van der Waals surface area contributed by atoms with Crippen LogP contribution in [0.1, 0.15) is 17.4 Å². The summed E-state index contributed by atoms with van der Waals surface area (Å²) in [5, 5.41) is 0.0921. The molecule has 0 N–H and O–H groups in total. The topological polar surface area (TPSA) is 45.2 Å². The van der Waals surface area contributed by atoms with E-state index in [1.807, 2.05) is 17.0 Å². The molecule has 0 bridgehead atoms. The lowest BCUT2D eigenvalue weighted by Gasteiger charge is -2.33. The van der Waals surface area contributed by atoms with Crippen LogP contribution < -0.4 is 9.47 Å². The molecule has 3 heterocycles. The van der Waals surface area contributed by atoms with E-state index in [9.17, 15) is 4.79 Å². The highest BCUT2D eigenvalue weighted by Crippen LogP contribution is 2.42. The molecule has 0 spiro atoms. The number of hydrogen-bond donors (Lipinski definition) is 0. The second-order valence-electron chi connectivity index (χ2n) is 6.86. The SMILES string of the molecule is CN1CCN(CCCN2C(=O)CSC2c2ccc3c(c2)OCO3)CC1. The van der Waals surface area contributed by atoms with Crippen molar-refractivity contribution in [2.45, 2.75) is 11.8 Å². The van der Waals surface area contributed by atoms with Crippen molar-refractivity contribution in [3.05, 3.63) is 23.8 Å². The van der Waals surface area contributed by atoms with Crippen LogP contribution in [0.3, 0.4) is 0 Å². The van der Waals surface area contributed by atoms with Crippen molar-refractivity contribution in [3.8, 4) is 11.5 Å². The third-order valence-corrected chi connectivity index (χ3v) is 6.38. The van der Waals surface area contributed by atoms with Crippen LogP contribution in [0.25, 0.3) is 0 Å².